The SMILES string of the molecule is C=CCOc1ccc(/C=N\NC(=O)CN(c2ccc(Br)cc2)S(C)(=O)=O)cc1. The van der Waals surface area contributed by atoms with Gasteiger partial charge >= 0.3 is 0 Å². The average Bonchev–Trinajstić information content (AvgIpc) is 2.65. The number of nitrogens with one attached hydrogen (secondary N) is 1. The first kappa shape index (κ1) is 21.6. The first-order valence-corrected chi connectivity index (χ1v) is 10.8. The maximum Gasteiger partial charge on any atom is 0.260 e. The molecule has 0 radical (unpaired) electrons. The van der Waals surface area contributed by atoms with Crippen LogP contribution in [-0.4, -0.2) is 39.9 Å². The molecule has 2 aromatic carbocycles. The van der Waals surface area contributed by atoms with Crippen LogP contribution in [0.2, 0.25) is 0 Å². The van der Waals surface area contributed by atoms with Crippen molar-refractivity contribution >= 4 is 43.8 Å². The van der Waals surface area contributed by atoms with Gasteiger partial charge in [-0.05, 0) is 54.1 Å². The minimum atomic E-state index is -3.63. The molecular formula is C19H20BrN3O4S. The Labute approximate surface area is 172 Å². The molecule has 0 aromatic heterocycles. The van der Waals surface area contributed by atoms with E-state index in [-0.39, 0.29) is 6.54 Å². The fourth-order valence-electron chi connectivity index (χ4n) is 2.16. The van der Waals surface area contributed by atoms with Gasteiger partial charge in [-0.3, -0.25) is 9.10 Å². The van der Waals surface area contributed by atoms with Crippen molar-refractivity contribution in [1.82, 2.24) is 5.43 Å². The molecule has 0 fully saturated rings. The Morgan fingerprint density at radius 2 is 1.86 bits per heavy atom. The summed E-state index contributed by atoms with van der Waals surface area (Å²) < 4.78 is 31.3. The van der Waals surface area contributed by atoms with Crippen molar-refractivity contribution in [2.75, 3.05) is 23.7 Å². The topological polar surface area (TPSA) is 88.1 Å². The summed E-state index contributed by atoms with van der Waals surface area (Å²) >= 11 is 3.29. The van der Waals surface area contributed by atoms with Gasteiger partial charge in [-0.25, -0.2) is 13.8 Å². The lowest BCUT2D eigenvalue weighted by atomic mass is 10.2. The normalized spacial score (nSPS) is 11.2. The Balaban J connectivity index is 1.98. The summed E-state index contributed by atoms with van der Waals surface area (Å²) in [6.07, 6.45) is 4.15. The van der Waals surface area contributed by atoms with E-state index >= 15 is 0 Å². The van der Waals surface area contributed by atoms with E-state index in [0.717, 1.165) is 20.6 Å². The van der Waals surface area contributed by atoms with Crippen LogP contribution < -0.4 is 14.5 Å². The van der Waals surface area contributed by atoms with Gasteiger partial charge in [0.05, 0.1) is 18.2 Å². The number of sulfonamides is 1. The molecule has 0 unspecified atom stereocenters. The van der Waals surface area contributed by atoms with Gasteiger partial charge in [0.25, 0.3) is 5.91 Å². The minimum Gasteiger partial charge on any atom is -0.490 e. The van der Waals surface area contributed by atoms with E-state index in [2.05, 4.69) is 33.0 Å². The van der Waals surface area contributed by atoms with E-state index in [9.17, 15) is 13.2 Å². The van der Waals surface area contributed by atoms with Gasteiger partial charge in [0.1, 0.15) is 18.9 Å². The highest BCUT2D eigenvalue weighted by molar-refractivity contribution is 9.10. The monoisotopic (exact) mass is 465 g/mol. The summed E-state index contributed by atoms with van der Waals surface area (Å²) in [5.74, 6) is 0.134. The second-order valence-corrected chi connectivity index (χ2v) is 8.53. The van der Waals surface area contributed by atoms with Crippen LogP contribution >= 0.6 is 15.9 Å². The Hall–Kier alpha value is -2.65. The van der Waals surface area contributed by atoms with Crippen molar-refractivity contribution in [2.24, 2.45) is 5.10 Å². The van der Waals surface area contributed by atoms with E-state index < -0.39 is 15.9 Å². The zero-order valence-electron chi connectivity index (χ0n) is 15.2. The van der Waals surface area contributed by atoms with Gasteiger partial charge in [-0.1, -0.05) is 28.6 Å². The number of carbonyl (C=O) groups is 1. The number of anilines is 1. The van der Waals surface area contributed by atoms with Crippen LogP contribution in [0.25, 0.3) is 0 Å². The molecular weight excluding hydrogens is 446 g/mol. The molecule has 0 bridgehead atoms. The molecule has 0 aliphatic heterocycles. The van der Waals surface area contributed by atoms with Crippen molar-refractivity contribution in [2.45, 2.75) is 0 Å². The second-order valence-electron chi connectivity index (χ2n) is 5.71. The second kappa shape index (κ2) is 10.0. The lowest BCUT2D eigenvalue weighted by Gasteiger charge is -2.21. The van der Waals surface area contributed by atoms with Gasteiger partial charge in [0.2, 0.25) is 10.0 Å². The predicted octanol–water partition coefficient (Wildman–Crippen LogP) is 2.93. The van der Waals surface area contributed by atoms with Crippen LogP contribution in [-0.2, 0) is 14.8 Å². The lowest BCUT2D eigenvalue weighted by Crippen LogP contribution is -2.38. The van der Waals surface area contributed by atoms with Crippen LogP contribution in [0.5, 0.6) is 5.75 Å². The van der Waals surface area contributed by atoms with Gasteiger partial charge < -0.3 is 4.74 Å². The van der Waals surface area contributed by atoms with Crippen molar-refractivity contribution < 1.29 is 17.9 Å². The summed E-state index contributed by atoms with van der Waals surface area (Å²) in [5.41, 5.74) is 3.47. The zero-order valence-corrected chi connectivity index (χ0v) is 17.6. The van der Waals surface area contributed by atoms with Gasteiger partial charge in [0.15, 0.2) is 0 Å². The quantitative estimate of drug-likeness (QED) is 0.350. The fourth-order valence-corrected chi connectivity index (χ4v) is 3.28. The summed E-state index contributed by atoms with van der Waals surface area (Å²) in [6.45, 7) is 3.61. The molecule has 9 heteroatoms. The molecule has 1 amide bonds. The number of benzene rings is 2. The third kappa shape index (κ3) is 6.82. The highest BCUT2D eigenvalue weighted by Gasteiger charge is 2.20. The molecule has 0 aliphatic rings. The van der Waals surface area contributed by atoms with Crippen molar-refractivity contribution in [3.8, 4) is 5.75 Å². The van der Waals surface area contributed by atoms with Crippen LogP contribution in [0.3, 0.4) is 0 Å². The zero-order chi connectivity index (χ0) is 20.6. The van der Waals surface area contributed by atoms with E-state index in [4.69, 9.17) is 4.74 Å². The fraction of sp³-hybridized carbons (Fsp3) is 0.158. The van der Waals surface area contributed by atoms with Crippen molar-refractivity contribution in [1.29, 1.82) is 0 Å². The number of hydrazone groups is 1. The molecule has 28 heavy (non-hydrogen) atoms. The molecule has 0 spiro atoms. The van der Waals surface area contributed by atoms with Crippen LogP contribution in [0.1, 0.15) is 5.56 Å². The number of carbonyl (C=O) groups excluding carboxylic acids is 1. The number of ether oxygens (including phenoxy) is 1. The molecule has 2 aromatic rings. The van der Waals surface area contributed by atoms with Crippen molar-refractivity contribution in [3.05, 3.63) is 71.2 Å². The summed E-state index contributed by atoms with van der Waals surface area (Å²) in [6, 6.07) is 13.7. The smallest absolute Gasteiger partial charge is 0.260 e. The predicted molar refractivity (Wildman–Crippen MR) is 114 cm³/mol. The van der Waals surface area contributed by atoms with Crippen LogP contribution in [0.4, 0.5) is 5.69 Å². The number of hydrogen-bond donors (Lipinski definition) is 1. The van der Waals surface area contributed by atoms with Crippen LogP contribution in [0.15, 0.2) is 70.8 Å². The third-order valence-corrected chi connectivity index (χ3v) is 5.12. The summed E-state index contributed by atoms with van der Waals surface area (Å²) in [7, 11) is -3.63. The van der Waals surface area contributed by atoms with E-state index in [1.54, 1.807) is 54.6 Å². The molecule has 0 saturated heterocycles. The first-order chi connectivity index (χ1) is 13.3. The highest BCUT2D eigenvalue weighted by Crippen LogP contribution is 2.20. The maximum absolute atomic E-state index is 12.1. The molecule has 0 heterocycles. The third-order valence-electron chi connectivity index (χ3n) is 3.45. The molecule has 0 saturated carbocycles. The van der Waals surface area contributed by atoms with Gasteiger partial charge in [0, 0.05) is 4.47 Å². The van der Waals surface area contributed by atoms with Gasteiger partial charge in [-0.2, -0.15) is 5.10 Å². The number of rotatable bonds is 9. The van der Waals surface area contributed by atoms with E-state index in [1.807, 2.05) is 0 Å². The van der Waals surface area contributed by atoms with E-state index in [0.29, 0.717) is 18.0 Å². The molecule has 0 atom stereocenters. The lowest BCUT2D eigenvalue weighted by molar-refractivity contribution is -0.119. The minimum absolute atomic E-state index is 0.383. The number of amides is 1. The number of hydrogen-bond acceptors (Lipinski definition) is 5. The molecule has 2 rings (SSSR count). The molecule has 148 valence electrons. The Bertz CT molecular complexity index is 942. The maximum atomic E-state index is 12.1. The first-order valence-electron chi connectivity index (χ1n) is 8.18. The molecule has 0 aliphatic carbocycles. The van der Waals surface area contributed by atoms with E-state index in [1.165, 1.54) is 6.21 Å². The summed E-state index contributed by atoms with van der Waals surface area (Å²) in [5, 5.41) is 3.87. The van der Waals surface area contributed by atoms with Crippen LogP contribution in [0, 0.1) is 0 Å². The average molecular weight is 466 g/mol. The Morgan fingerprint density at radius 3 is 2.43 bits per heavy atom. The van der Waals surface area contributed by atoms with Gasteiger partial charge in [-0.15, -0.1) is 0 Å². The van der Waals surface area contributed by atoms with Crippen molar-refractivity contribution in [3.63, 3.8) is 0 Å². The standard InChI is InChI=1S/C19H20BrN3O4S/c1-3-12-27-18-10-4-15(5-11-18)13-21-22-19(24)14-23(28(2,25)26)17-8-6-16(20)7-9-17/h3-11,13H,1,12,14H2,2H3,(H,22,24)/b21-13-. The largest absolute Gasteiger partial charge is 0.490 e. The highest BCUT2D eigenvalue weighted by atomic mass is 79.9. The summed E-state index contributed by atoms with van der Waals surface area (Å²) in [4.78, 5) is 12.1. The molecule has 7 nitrogen and oxygen atoms in total. The number of halogens is 1. The Morgan fingerprint density at radius 1 is 1.21 bits per heavy atom. The number of nitrogens with zero attached hydrogens (tertiary/aromatic N) is 2. The Kier molecular flexibility index (Phi) is 7.77. The molecule has 1 N–H and O–H groups in total.